The lowest BCUT2D eigenvalue weighted by Crippen LogP contribution is -2.71. The third-order valence-corrected chi connectivity index (χ3v) is 2.61. The highest BCUT2D eigenvalue weighted by molar-refractivity contribution is 5.89. The van der Waals surface area contributed by atoms with Gasteiger partial charge in [0, 0.05) is 0 Å². The van der Waals surface area contributed by atoms with Gasteiger partial charge in [0.1, 0.15) is 24.9 Å². The molecule has 1 aliphatic heterocycles. The summed E-state index contributed by atoms with van der Waals surface area (Å²) in [6.07, 6.45) is -7.43. The Hall–Kier alpha value is -0.610. The van der Waals surface area contributed by atoms with E-state index in [1.165, 1.54) is 0 Å². The number of ether oxygens (including phenoxy) is 1. The Morgan fingerprint density at radius 2 is 1.75 bits per heavy atom. The van der Waals surface area contributed by atoms with Crippen LogP contribution in [-0.2, 0) is 9.53 Å². The SMILES string of the molecule is O=C(CO)[C@@]1(O)[C@@H](O)C(O)O[C@H](CO)[C@@H]1O. The van der Waals surface area contributed by atoms with Crippen LogP contribution in [0.25, 0.3) is 0 Å². The maximum Gasteiger partial charge on any atom is 0.195 e. The van der Waals surface area contributed by atoms with Gasteiger partial charge in [0.25, 0.3) is 0 Å². The number of rotatable bonds is 3. The van der Waals surface area contributed by atoms with Gasteiger partial charge in [-0.25, -0.2) is 0 Å². The summed E-state index contributed by atoms with van der Waals surface area (Å²) in [6, 6.07) is 0. The van der Waals surface area contributed by atoms with Gasteiger partial charge < -0.3 is 35.4 Å². The molecule has 5 atom stereocenters. The molecule has 0 spiro atoms. The van der Waals surface area contributed by atoms with Gasteiger partial charge in [-0.15, -0.1) is 0 Å². The first-order chi connectivity index (χ1) is 7.39. The first-order valence-electron chi connectivity index (χ1n) is 4.56. The van der Waals surface area contributed by atoms with Gasteiger partial charge in [0.05, 0.1) is 6.61 Å². The summed E-state index contributed by atoms with van der Waals surface area (Å²) in [6.45, 7) is -1.90. The molecule has 1 aliphatic rings. The Morgan fingerprint density at radius 3 is 2.19 bits per heavy atom. The number of carbonyl (C=O) groups excluding carboxylic acids is 1. The quantitative estimate of drug-likeness (QED) is 0.289. The summed E-state index contributed by atoms with van der Waals surface area (Å²) in [7, 11) is 0. The molecule has 1 heterocycles. The minimum Gasteiger partial charge on any atom is -0.394 e. The predicted molar refractivity (Wildman–Crippen MR) is 47.0 cm³/mol. The van der Waals surface area contributed by atoms with Gasteiger partial charge in [-0.1, -0.05) is 0 Å². The van der Waals surface area contributed by atoms with Crippen molar-refractivity contribution in [3.05, 3.63) is 0 Å². The van der Waals surface area contributed by atoms with E-state index in [2.05, 4.69) is 4.74 Å². The number of ketones is 1. The van der Waals surface area contributed by atoms with Crippen LogP contribution in [0.15, 0.2) is 0 Å². The second-order valence-electron chi connectivity index (χ2n) is 3.54. The van der Waals surface area contributed by atoms with Crippen molar-refractivity contribution in [3.8, 4) is 0 Å². The van der Waals surface area contributed by atoms with Crippen molar-refractivity contribution in [1.29, 1.82) is 0 Å². The summed E-state index contributed by atoms with van der Waals surface area (Å²) in [5, 5.41) is 55.3. The van der Waals surface area contributed by atoms with Crippen molar-refractivity contribution in [1.82, 2.24) is 0 Å². The van der Waals surface area contributed by atoms with E-state index in [-0.39, 0.29) is 0 Å². The van der Waals surface area contributed by atoms with Crippen LogP contribution in [0.1, 0.15) is 0 Å². The molecule has 0 aromatic rings. The van der Waals surface area contributed by atoms with E-state index in [4.69, 9.17) is 10.2 Å². The van der Waals surface area contributed by atoms with E-state index in [9.17, 15) is 25.2 Å². The van der Waals surface area contributed by atoms with E-state index in [0.29, 0.717) is 0 Å². The average molecular weight is 238 g/mol. The van der Waals surface area contributed by atoms with Crippen molar-refractivity contribution in [3.63, 3.8) is 0 Å². The van der Waals surface area contributed by atoms with E-state index in [0.717, 1.165) is 0 Å². The van der Waals surface area contributed by atoms with Crippen LogP contribution in [0.3, 0.4) is 0 Å². The zero-order chi connectivity index (χ0) is 12.5. The molecule has 1 unspecified atom stereocenters. The minimum atomic E-state index is -2.76. The topological polar surface area (TPSA) is 148 Å². The van der Waals surface area contributed by atoms with Crippen LogP contribution in [0.5, 0.6) is 0 Å². The van der Waals surface area contributed by atoms with Crippen molar-refractivity contribution in [2.45, 2.75) is 30.2 Å². The summed E-state index contributed by atoms with van der Waals surface area (Å²) in [5.74, 6) is -1.27. The molecule has 8 heteroatoms. The molecule has 0 aromatic heterocycles. The zero-order valence-electron chi connectivity index (χ0n) is 8.22. The first-order valence-corrected chi connectivity index (χ1v) is 4.56. The van der Waals surface area contributed by atoms with Crippen LogP contribution in [0.2, 0.25) is 0 Å². The van der Waals surface area contributed by atoms with E-state index in [1.807, 2.05) is 0 Å². The summed E-state index contributed by atoms with van der Waals surface area (Å²) in [5.41, 5.74) is -2.76. The number of hydrogen-bond donors (Lipinski definition) is 6. The molecule has 94 valence electrons. The van der Waals surface area contributed by atoms with Gasteiger partial charge in [-0.2, -0.15) is 0 Å². The van der Waals surface area contributed by atoms with Gasteiger partial charge in [0.2, 0.25) is 0 Å². The van der Waals surface area contributed by atoms with Gasteiger partial charge >= 0.3 is 0 Å². The maximum absolute atomic E-state index is 11.2. The summed E-state index contributed by atoms with van der Waals surface area (Å²) >= 11 is 0. The van der Waals surface area contributed by atoms with Crippen LogP contribution in [0.4, 0.5) is 0 Å². The Morgan fingerprint density at radius 1 is 1.19 bits per heavy atom. The first kappa shape index (κ1) is 13.5. The van der Waals surface area contributed by atoms with Gasteiger partial charge in [-0.05, 0) is 0 Å². The lowest BCUT2D eigenvalue weighted by molar-refractivity contribution is -0.311. The fourth-order valence-corrected chi connectivity index (χ4v) is 1.60. The molecule has 0 aliphatic carbocycles. The fraction of sp³-hybridized carbons (Fsp3) is 0.875. The van der Waals surface area contributed by atoms with Crippen molar-refractivity contribution < 1.29 is 40.2 Å². The Labute approximate surface area is 90.3 Å². The standard InChI is InChI=1S/C8H14O8/c9-1-3-5(12)8(15,4(11)2-10)6(13)7(14)16-3/h3,5-7,9-10,12-15H,1-2H2/t3-,5+,6+,7?,8+/m1/s1. The smallest absolute Gasteiger partial charge is 0.195 e. The number of hydrogen-bond acceptors (Lipinski definition) is 8. The fourth-order valence-electron chi connectivity index (χ4n) is 1.60. The molecule has 6 N–H and O–H groups in total. The zero-order valence-corrected chi connectivity index (χ0v) is 8.22. The molecule has 0 radical (unpaired) electrons. The van der Waals surface area contributed by atoms with Gasteiger partial charge in [0.15, 0.2) is 17.7 Å². The largest absolute Gasteiger partial charge is 0.394 e. The average Bonchev–Trinajstić information content (AvgIpc) is 2.29. The van der Waals surface area contributed by atoms with Crippen molar-refractivity contribution in [2.24, 2.45) is 0 Å². The van der Waals surface area contributed by atoms with Gasteiger partial charge in [-0.3, -0.25) is 4.79 Å². The maximum atomic E-state index is 11.2. The van der Waals surface area contributed by atoms with Crippen molar-refractivity contribution >= 4 is 5.78 Å². The lowest BCUT2D eigenvalue weighted by atomic mass is 9.81. The highest BCUT2D eigenvalue weighted by Gasteiger charge is 2.58. The van der Waals surface area contributed by atoms with Crippen molar-refractivity contribution in [2.75, 3.05) is 13.2 Å². The van der Waals surface area contributed by atoms with E-state index in [1.54, 1.807) is 0 Å². The molecule has 16 heavy (non-hydrogen) atoms. The lowest BCUT2D eigenvalue weighted by Gasteiger charge is -2.44. The second kappa shape index (κ2) is 4.72. The Kier molecular flexibility index (Phi) is 3.97. The van der Waals surface area contributed by atoms with Crippen LogP contribution in [-0.4, -0.2) is 79.8 Å². The number of aliphatic hydroxyl groups is 6. The second-order valence-corrected chi connectivity index (χ2v) is 3.54. The molecule has 8 nitrogen and oxygen atoms in total. The highest BCUT2D eigenvalue weighted by atomic mass is 16.6. The predicted octanol–water partition coefficient (Wildman–Crippen LogP) is -4.29. The van der Waals surface area contributed by atoms with Crippen LogP contribution >= 0.6 is 0 Å². The summed E-state index contributed by atoms with van der Waals surface area (Å²) < 4.78 is 4.56. The normalized spacial score (nSPS) is 44.4. The minimum absolute atomic E-state index is 0.772. The molecular formula is C8H14O8. The van der Waals surface area contributed by atoms with E-state index < -0.39 is 49.2 Å². The molecule has 0 amide bonds. The number of carbonyl (C=O) groups is 1. The number of Topliss-reactive ketones (excluding diaryl/α,β-unsaturated/α-hetero) is 1. The molecule has 1 saturated heterocycles. The monoisotopic (exact) mass is 238 g/mol. The molecule has 0 bridgehead atoms. The third-order valence-electron chi connectivity index (χ3n) is 2.61. The molecule has 1 rings (SSSR count). The molecular weight excluding hydrogens is 224 g/mol. The molecule has 1 fully saturated rings. The highest BCUT2D eigenvalue weighted by Crippen LogP contribution is 2.29. The Bertz CT molecular complexity index is 269. The van der Waals surface area contributed by atoms with E-state index >= 15 is 0 Å². The van der Waals surface area contributed by atoms with Crippen LogP contribution < -0.4 is 0 Å². The third kappa shape index (κ3) is 1.84. The Balaban J connectivity index is 3.06. The molecule has 0 saturated carbocycles. The number of aliphatic hydroxyl groups excluding tert-OH is 5. The van der Waals surface area contributed by atoms with Crippen LogP contribution in [0, 0.1) is 0 Å². The molecule has 0 aromatic carbocycles. The summed E-state index contributed by atoms with van der Waals surface area (Å²) in [4.78, 5) is 11.2.